The first-order valence-corrected chi connectivity index (χ1v) is 6.02. The van der Waals surface area contributed by atoms with Crippen molar-refractivity contribution in [1.82, 2.24) is 0 Å². The van der Waals surface area contributed by atoms with Gasteiger partial charge in [0.05, 0.1) is 0 Å². The first-order valence-electron chi connectivity index (χ1n) is 6.02. The van der Waals surface area contributed by atoms with Crippen molar-refractivity contribution in [2.45, 2.75) is 13.3 Å². The molecule has 0 saturated carbocycles. The third-order valence-electron chi connectivity index (χ3n) is 3.16. The summed E-state index contributed by atoms with van der Waals surface area (Å²) in [6.07, 6.45) is 1.12. The molecule has 2 aromatic rings. The monoisotopic (exact) mass is 224 g/mol. The molecular weight excluding hydrogens is 208 g/mol. The lowest BCUT2D eigenvalue weighted by Crippen LogP contribution is -1.91. The Labute approximate surface area is 102 Å². The predicted octanol–water partition coefficient (Wildman–Crippen LogP) is 3.71. The van der Waals surface area contributed by atoms with Gasteiger partial charge >= 0.3 is 0 Å². The van der Waals surface area contributed by atoms with Crippen LogP contribution in [0.4, 0.5) is 17.1 Å². The molecule has 0 aliphatic carbocycles. The van der Waals surface area contributed by atoms with Gasteiger partial charge in [-0.15, -0.1) is 0 Å². The van der Waals surface area contributed by atoms with E-state index in [4.69, 9.17) is 0 Å². The fourth-order valence-electron chi connectivity index (χ4n) is 2.19. The SMILES string of the molecule is Cc1ccc(Nc2ccc3c(c2)CCN3)cc1. The molecule has 3 rings (SSSR count). The van der Waals surface area contributed by atoms with E-state index in [9.17, 15) is 0 Å². The molecule has 2 nitrogen and oxygen atoms in total. The van der Waals surface area contributed by atoms with Crippen LogP contribution in [-0.4, -0.2) is 6.54 Å². The maximum absolute atomic E-state index is 3.43. The predicted molar refractivity (Wildman–Crippen MR) is 73.1 cm³/mol. The van der Waals surface area contributed by atoms with E-state index in [0.29, 0.717) is 0 Å². The number of benzene rings is 2. The van der Waals surface area contributed by atoms with E-state index in [0.717, 1.165) is 24.3 Å². The minimum Gasteiger partial charge on any atom is -0.384 e. The molecule has 1 aliphatic heterocycles. The molecule has 17 heavy (non-hydrogen) atoms. The largest absolute Gasteiger partial charge is 0.384 e. The second-order valence-electron chi connectivity index (χ2n) is 4.54. The van der Waals surface area contributed by atoms with Gasteiger partial charge in [0.15, 0.2) is 0 Å². The summed E-state index contributed by atoms with van der Waals surface area (Å²) >= 11 is 0. The Bertz CT molecular complexity index is 529. The van der Waals surface area contributed by atoms with Gasteiger partial charge in [0.1, 0.15) is 0 Å². The Hall–Kier alpha value is -1.96. The van der Waals surface area contributed by atoms with Crippen LogP contribution < -0.4 is 10.6 Å². The standard InChI is InChI=1S/C15H16N2/c1-11-2-4-13(5-3-11)17-14-6-7-15-12(10-14)8-9-16-15/h2-7,10,16-17H,8-9H2,1H3. The summed E-state index contributed by atoms with van der Waals surface area (Å²) in [5.74, 6) is 0. The molecule has 0 spiro atoms. The van der Waals surface area contributed by atoms with Crippen LogP contribution in [0.2, 0.25) is 0 Å². The fourth-order valence-corrected chi connectivity index (χ4v) is 2.19. The van der Waals surface area contributed by atoms with Gasteiger partial charge in [-0.25, -0.2) is 0 Å². The van der Waals surface area contributed by atoms with Crippen LogP contribution in [0.25, 0.3) is 0 Å². The van der Waals surface area contributed by atoms with E-state index in [2.05, 4.69) is 60.0 Å². The minimum atomic E-state index is 1.06. The molecule has 2 heteroatoms. The summed E-state index contributed by atoms with van der Waals surface area (Å²) in [5.41, 5.74) is 6.27. The Morgan fingerprint density at radius 2 is 1.76 bits per heavy atom. The van der Waals surface area contributed by atoms with Crippen LogP contribution >= 0.6 is 0 Å². The Kier molecular flexibility index (Phi) is 2.48. The zero-order chi connectivity index (χ0) is 11.7. The third-order valence-corrected chi connectivity index (χ3v) is 3.16. The van der Waals surface area contributed by atoms with Crippen LogP contribution in [0, 0.1) is 6.92 Å². The molecule has 1 aliphatic rings. The summed E-state index contributed by atoms with van der Waals surface area (Å²) in [5, 5.41) is 6.80. The van der Waals surface area contributed by atoms with E-state index in [1.807, 2.05) is 0 Å². The van der Waals surface area contributed by atoms with Gasteiger partial charge < -0.3 is 10.6 Å². The summed E-state index contributed by atoms with van der Waals surface area (Å²) in [7, 11) is 0. The molecule has 0 atom stereocenters. The molecule has 0 aromatic heterocycles. The van der Waals surface area contributed by atoms with Crippen LogP contribution in [0.15, 0.2) is 42.5 Å². The normalized spacial score (nSPS) is 13.0. The molecule has 2 N–H and O–H groups in total. The summed E-state index contributed by atoms with van der Waals surface area (Å²) in [6, 6.07) is 15.0. The lowest BCUT2D eigenvalue weighted by Gasteiger charge is -2.08. The van der Waals surface area contributed by atoms with Crippen LogP contribution in [-0.2, 0) is 6.42 Å². The fraction of sp³-hybridized carbons (Fsp3) is 0.200. The second kappa shape index (κ2) is 4.13. The number of hydrogen-bond donors (Lipinski definition) is 2. The zero-order valence-corrected chi connectivity index (χ0v) is 9.96. The molecule has 0 amide bonds. The van der Waals surface area contributed by atoms with Crippen molar-refractivity contribution in [3.63, 3.8) is 0 Å². The van der Waals surface area contributed by atoms with Crippen molar-refractivity contribution in [3.05, 3.63) is 53.6 Å². The number of fused-ring (bicyclic) bond motifs is 1. The molecule has 0 bridgehead atoms. The second-order valence-corrected chi connectivity index (χ2v) is 4.54. The van der Waals surface area contributed by atoms with Crippen LogP contribution in [0.5, 0.6) is 0 Å². The average molecular weight is 224 g/mol. The first-order chi connectivity index (χ1) is 8.31. The van der Waals surface area contributed by atoms with Crippen molar-refractivity contribution in [3.8, 4) is 0 Å². The van der Waals surface area contributed by atoms with Crippen LogP contribution in [0.3, 0.4) is 0 Å². The molecule has 86 valence electrons. The molecular formula is C15H16N2. The molecule has 0 unspecified atom stereocenters. The maximum Gasteiger partial charge on any atom is 0.0388 e. The quantitative estimate of drug-likeness (QED) is 0.812. The smallest absolute Gasteiger partial charge is 0.0388 e. The highest BCUT2D eigenvalue weighted by atomic mass is 14.9. The average Bonchev–Trinajstić information content (AvgIpc) is 2.79. The Morgan fingerprint density at radius 3 is 2.59 bits per heavy atom. The van der Waals surface area contributed by atoms with Gasteiger partial charge in [0.2, 0.25) is 0 Å². The van der Waals surface area contributed by atoms with Gasteiger partial charge in [0, 0.05) is 23.6 Å². The lowest BCUT2D eigenvalue weighted by molar-refractivity contribution is 1.11. The molecule has 2 aromatic carbocycles. The van der Waals surface area contributed by atoms with E-state index in [-0.39, 0.29) is 0 Å². The van der Waals surface area contributed by atoms with Crippen molar-refractivity contribution in [2.24, 2.45) is 0 Å². The van der Waals surface area contributed by atoms with Crippen LogP contribution in [0.1, 0.15) is 11.1 Å². The molecule has 0 saturated heterocycles. The van der Waals surface area contributed by atoms with Crippen molar-refractivity contribution in [2.75, 3.05) is 17.2 Å². The highest BCUT2D eigenvalue weighted by Crippen LogP contribution is 2.27. The number of hydrogen-bond acceptors (Lipinski definition) is 2. The van der Waals surface area contributed by atoms with Gasteiger partial charge in [0.25, 0.3) is 0 Å². The van der Waals surface area contributed by atoms with Gasteiger partial charge in [-0.1, -0.05) is 17.7 Å². The van der Waals surface area contributed by atoms with Gasteiger partial charge in [-0.3, -0.25) is 0 Å². The Balaban J connectivity index is 1.83. The molecule has 0 radical (unpaired) electrons. The van der Waals surface area contributed by atoms with E-state index in [1.165, 1.54) is 16.8 Å². The van der Waals surface area contributed by atoms with E-state index >= 15 is 0 Å². The lowest BCUT2D eigenvalue weighted by atomic mass is 10.1. The Morgan fingerprint density at radius 1 is 1.00 bits per heavy atom. The number of anilines is 3. The van der Waals surface area contributed by atoms with Crippen molar-refractivity contribution >= 4 is 17.1 Å². The number of rotatable bonds is 2. The van der Waals surface area contributed by atoms with Crippen molar-refractivity contribution < 1.29 is 0 Å². The van der Waals surface area contributed by atoms with E-state index in [1.54, 1.807) is 0 Å². The van der Waals surface area contributed by atoms with Crippen molar-refractivity contribution in [1.29, 1.82) is 0 Å². The highest BCUT2D eigenvalue weighted by molar-refractivity contribution is 5.67. The third kappa shape index (κ3) is 2.11. The topological polar surface area (TPSA) is 24.1 Å². The maximum atomic E-state index is 3.43. The first kappa shape index (κ1) is 10.2. The minimum absolute atomic E-state index is 1.06. The molecule has 1 heterocycles. The summed E-state index contributed by atoms with van der Waals surface area (Å²) in [4.78, 5) is 0. The molecule has 0 fully saturated rings. The summed E-state index contributed by atoms with van der Waals surface area (Å²) in [6.45, 7) is 3.16. The zero-order valence-electron chi connectivity index (χ0n) is 9.96. The van der Waals surface area contributed by atoms with E-state index < -0.39 is 0 Å². The number of aryl methyl sites for hydroxylation is 1. The number of nitrogens with one attached hydrogen (secondary N) is 2. The highest BCUT2D eigenvalue weighted by Gasteiger charge is 2.09. The van der Waals surface area contributed by atoms with Gasteiger partial charge in [-0.2, -0.15) is 0 Å². The summed E-state index contributed by atoms with van der Waals surface area (Å²) < 4.78 is 0. The van der Waals surface area contributed by atoms with Gasteiger partial charge in [-0.05, 0) is 49.2 Å².